The molecule has 374 valence electrons. The molecule has 2 unspecified atom stereocenters. The van der Waals surface area contributed by atoms with Crippen molar-refractivity contribution >= 4 is 13.8 Å². The molecule has 0 aromatic heterocycles. The van der Waals surface area contributed by atoms with E-state index < -0.39 is 13.9 Å². The first kappa shape index (κ1) is 62.2. The van der Waals surface area contributed by atoms with E-state index in [0.29, 0.717) is 24.1 Å². The predicted molar refractivity (Wildman–Crippen MR) is 273 cm³/mol. The summed E-state index contributed by atoms with van der Waals surface area (Å²) in [5, 5.41) is 0. The van der Waals surface area contributed by atoms with Crippen molar-refractivity contribution in [2.75, 3.05) is 54.1 Å². The number of phosphoric ester groups is 1. The molecule has 0 fully saturated rings. The molecule has 0 spiro atoms. The van der Waals surface area contributed by atoms with E-state index in [2.05, 4.69) is 74.6 Å². The van der Waals surface area contributed by atoms with Gasteiger partial charge in [0.2, 0.25) is 0 Å². The van der Waals surface area contributed by atoms with Gasteiger partial charge in [-0.1, -0.05) is 222 Å². The number of ether oxygens (including phenoxy) is 2. The number of hydrogen-bond acceptors (Lipinski definition) is 7. The predicted octanol–water partition coefficient (Wildman–Crippen LogP) is 15.8. The highest BCUT2D eigenvalue weighted by atomic mass is 31.2. The number of allylic oxidation sites excluding steroid dienone is 10. The number of phosphoric acid groups is 1. The monoisotopic (exact) mass is 920 g/mol. The van der Waals surface area contributed by atoms with E-state index in [4.69, 9.17) is 18.5 Å². The summed E-state index contributed by atoms with van der Waals surface area (Å²) in [6, 6.07) is 0. The van der Waals surface area contributed by atoms with Gasteiger partial charge in [-0.25, -0.2) is 0 Å². The van der Waals surface area contributed by atoms with Crippen molar-refractivity contribution in [2.24, 2.45) is 0 Å². The Morgan fingerprint density at radius 1 is 0.500 bits per heavy atom. The Balaban J connectivity index is 4.13. The average molecular weight is 920 g/mol. The molecule has 0 aliphatic rings. The van der Waals surface area contributed by atoms with Crippen molar-refractivity contribution in [1.29, 1.82) is 0 Å². The summed E-state index contributed by atoms with van der Waals surface area (Å²) in [6.45, 7) is 5.31. The number of esters is 1. The molecule has 0 saturated carbocycles. The normalized spacial score (nSPS) is 14.0. The molecule has 8 nitrogen and oxygen atoms in total. The lowest BCUT2D eigenvalue weighted by atomic mass is 10.0. The van der Waals surface area contributed by atoms with Crippen LogP contribution in [0.4, 0.5) is 0 Å². The van der Waals surface area contributed by atoms with E-state index in [1.807, 2.05) is 21.1 Å². The van der Waals surface area contributed by atoms with Crippen LogP contribution in [0, 0.1) is 0 Å². The molecule has 0 aromatic rings. The van der Waals surface area contributed by atoms with Crippen LogP contribution in [0.5, 0.6) is 0 Å². The first-order chi connectivity index (χ1) is 31.1. The first-order valence-corrected chi connectivity index (χ1v) is 28.0. The van der Waals surface area contributed by atoms with Gasteiger partial charge in [0, 0.05) is 13.0 Å². The Labute approximate surface area is 396 Å². The smallest absolute Gasteiger partial charge is 0.306 e. The number of quaternary nitrogens is 1. The SMILES string of the molecule is CC/C=C\C/C=C\C/C=C\C/C=C\C/C=C\CCCCCCCCCCOCC(COP(=O)([O-])OCC[N+](C)(C)C)OC(=O)CCCCCCCCCCCCCCCCCCCC. The molecule has 0 rings (SSSR count). The molecular formula is C55H102NO7P. The maximum absolute atomic E-state index is 12.8. The van der Waals surface area contributed by atoms with Crippen LogP contribution in [-0.2, 0) is 27.9 Å². The maximum atomic E-state index is 12.8. The molecule has 2 atom stereocenters. The van der Waals surface area contributed by atoms with Crippen LogP contribution in [0.1, 0.15) is 226 Å². The number of likely N-dealkylation sites (N-methyl/N-ethyl adjacent to an activating group) is 1. The fraction of sp³-hybridized carbons (Fsp3) is 0.800. The van der Waals surface area contributed by atoms with Crippen molar-refractivity contribution in [1.82, 2.24) is 0 Å². The zero-order valence-electron chi connectivity index (χ0n) is 42.5. The highest BCUT2D eigenvalue weighted by molar-refractivity contribution is 7.45. The van der Waals surface area contributed by atoms with Gasteiger partial charge >= 0.3 is 5.97 Å². The van der Waals surface area contributed by atoms with Crippen molar-refractivity contribution in [3.05, 3.63) is 60.8 Å². The van der Waals surface area contributed by atoms with Crippen molar-refractivity contribution in [2.45, 2.75) is 232 Å². The zero-order valence-corrected chi connectivity index (χ0v) is 43.4. The Morgan fingerprint density at radius 3 is 1.36 bits per heavy atom. The van der Waals surface area contributed by atoms with Gasteiger partial charge in [-0.3, -0.25) is 9.36 Å². The third-order valence-electron chi connectivity index (χ3n) is 11.3. The van der Waals surface area contributed by atoms with Crippen molar-refractivity contribution in [3.63, 3.8) is 0 Å². The molecular weight excluding hydrogens is 818 g/mol. The molecule has 0 aliphatic carbocycles. The summed E-state index contributed by atoms with van der Waals surface area (Å²) in [6.07, 6.45) is 61.0. The topological polar surface area (TPSA) is 94.1 Å². The highest BCUT2D eigenvalue weighted by Crippen LogP contribution is 2.38. The van der Waals surface area contributed by atoms with E-state index in [1.165, 1.54) is 135 Å². The van der Waals surface area contributed by atoms with Crippen LogP contribution >= 0.6 is 7.82 Å². The van der Waals surface area contributed by atoms with Gasteiger partial charge in [-0.2, -0.15) is 0 Å². The van der Waals surface area contributed by atoms with Gasteiger partial charge in [-0.15, -0.1) is 0 Å². The van der Waals surface area contributed by atoms with Gasteiger partial charge < -0.3 is 27.9 Å². The standard InChI is InChI=1S/C55H102NO7P/c1-6-8-10-12-14-16-18-20-22-24-26-27-28-29-30-31-33-35-37-39-41-43-45-47-50-60-52-54(53-62-64(58,59)61-51-49-56(3,4)5)63-55(57)48-46-44-42-40-38-36-34-32-25-23-21-19-17-15-13-11-9-7-2/h8,10,14,16,20,22,26-27,29-30,54H,6-7,9,11-13,15,17-19,21,23-25,28,31-53H2,1-5H3/b10-8-,16-14-,22-20-,27-26-,30-29-. The van der Waals surface area contributed by atoms with Crippen molar-refractivity contribution in [3.8, 4) is 0 Å². The molecule has 0 radical (unpaired) electrons. The maximum Gasteiger partial charge on any atom is 0.306 e. The first-order valence-electron chi connectivity index (χ1n) is 26.5. The summed E-state index contributed by atoms with van der Waals surface area (Å²) in [5.41, 5.74) is 0. The molecule has 0 aromatic carbocycles. The van der Waals surface area contributed by atoms with Crippen LogP contribution in [0.3, 0.4) is 0 Å². The van der Waals surface area contributed by atoms with Gasteiger partial charge in [0.25, 0.3) is 7.82 Å². The van der Waals surface area contributed by atoms with Crippen molar-refractivity contribution < 1.29 is 37.3 Å². The largest absolute Gasteiger partial charge is 0.756 e. The van der Waals surface area contributed by atoms with Crippen LogP contribution in [0.2, 0.25) is 0 Å². The lowest BCUT2D eigenvalue weighted by Gasteiger charge is -2.28. The van der Waals surface area contributed by atoms with Gasteiger partial charge in [0.05, 0.1) is 34.4 Å². The number of nitrogens with zero attached hydrogens (tertiary/aromatic N) is 1. The Kier molecular flexibility index (Phi) is 46.3. The lowest BCUT2D eigenvalue weighted by molar-refractivity contribution is -0.870. The van der Waals surface area contributed by atoms with Crippen LogP contribution < -0.4 is 4.89 Å². The van der Waals surface area contributed by atoms with Crippen LogP contribution in [-0.4, -0.2) is 70.7 Å². The third-order valence-corrected chi connectivity index (χ3v) is 12.3. The van der Waals surface area contributed by atoms with E-state index >= 15 is 0 Å². The summed E-state index contributed by atoms with van der Waals surface area (Å²) < 4.78 is 34.8. The fourth-order valence-corrected chi connectivity index (χ4v) is 8.01. The minimum absolute atomic E-state index is 0.0235. The van der Waals surface area contributed by atoms with E-state index in [1.54, 1.807) is 0 Å². The summed E-state index contributed by atoms with van der Waals surface area (Å²) >= 11 is 0. The average Bonchev–Trinajstić information content (AvgIpc) is 3.25. The van der Waals surface area contributed by atoms with Crippen LogP contribution in [0.25, 0.3) is 0 Å². The number of unbranched alkanes of at least 4 members (excludes halogenated alkanes) is 25. The quantitative estimate of drug-likeness (QED) is 0.0197. The van der Waals surface area contributed by atoms with E-state index in [0.717, 1.165) is 70.6 Å². The minimum Gasteiger partial charge on any atom is -0.756 e. The Bertz CT molecular complexity index is 1210. The Morgan fingerprint density at radius 2 is 0.906 bits per heavy atom. The molecule has 0 amide bonds. The summed E-state index contributed by atoms with van der Waals surface area (Å²) in [7, 11) is 1.35. The molecule has 0 bridgehead atoms. The second kappa shape index (κ2) is 47.7. The van der Waals surface area contributed by atoms with Gasteiger partial charge in [-0.05, 0) is 57.8 Å². The van der Waals surface area contributed by atoms with Gasteiger partial charge in [0.15, 0.2) is 0 Å². The van der Waals surface area contributed by atoms with Crippen LogP contribution in [0.15, 0.2) is 60.8 Å². The summed E-state index contributed by atoms with van der Waals surface area (Å²) in [5.74, 6) is -0.335. The molecule has 64 heavy (non-hydrogen) atoms. The number of carbonyl (C=O) groups excluding carboxylic acids is 1. The second-order valence-electron chi connectivity index (χ2n) is 18.9. The molecule has 0 N–H and O–H groups in total. The minimum atomic E-state index is -4.53. The lowest BCUT2D eigenvalue weighted by Crippen LogP contribution is -2.37. The Hall–Kier alpha value is -1.80. The molecule has 9 heteroatoms. The second-order valence-corrected chi connectivity index (χ2v) is 20.3. The van der Waals surface area contributed by atoms with Gasteiger partial charge in [0.1, 0.15) is 19.3 Å². The van der Waals surface area contributed by atoms with E-state index in [9.17, 15) is 14.3 Å². The molecule has 0 heterocycles. The molecule has 0 aliphatic heterocycles. The number of rotatable bonds is 49. The number of carbonyl (C=O) groups is 1. The highest BCUT2D eigenvalue weighted by Gasteiger charge is 2.20. The molecule has 0 saturated heterocycles. The number of hydrogen-bond donors (Lipinski definition) is 0. The third kappa shape index (κ3) is 51.2. The zero-order chi connectivity index (χ0) is 46.9. The fourth-order valence-electron chi connectivity index (χ4n) is 7.28. The summed E-state index contributed by atoms with van der Waals surface area (Å²) in [4.78, 5) is 25.2. The van der Waals surface area contributed by atoms with E-state index in [-0.39, 0.29) is 25.8 Å².